The van der Waals surface area contributed by atoms with Crippen LogP contribution in [0, 0.1) is 0 Å². The first-order chi connectivity index (χ1) is 10.2. The summed E-state index contributed by atoms with van der Waals surface area (Å²) < 4.78 is 0. The van der Waals surface area contributed by atoms with Crippen LogP contribution in [0.4, 0.5) is 5.69 Å². The van der Waals surface area contributed by atoms with Crippen LogP contribution >= 0.6 is 0 Å². The lowest BCUT2D eigenvalue weighted by molar-refractivity contribution is 0.170. The lowest BCUT2D eigenvalue weighted by atomic mass is 10.1. The van der Waals surface area contributed by atoms with E-state index in [1.807, 2.05) is 0 Å². The van der Waals surface area contributed by atoms with Crippen LogP contribution in [0.15, 0.2) is 24.3 Å². The summed E-state index contributed by atoms with van der Waals surface area (Å²) >= 11 is 0. The van der Waals surface area contributed by atoms with Crippen LogP contribution in [0.1, 0.15) is 12.0 Å². The van der Waals surface area contributed by atoms with Crippen molar-refractivity contribution in [3.05, 3.63) is 29.8 Å². The molecule has 0 spiro atoms. The summed E-state index contributed by atoms with van der Waals surface area (Å²) in [4.78, 5) is 7.52. The molecule has 2 aliphatic rings. The second-order valence-corrected chi connectivity index (χ2v) is 6.49. The predicted molar refractivity (Wildman–Crippen MR) is 88.9 cm³/mol. The number of nitrogens with zero attached hydrogens (tertiary/aromatic N) is 3. The van der Waals surface area contributed by atoms with Crippen molar-refractivity contribution in [2.75, 3.05) is 58.3 Å². The van der Waals surface area contributed by atoms with Crippen molar-refractivity contribution in [1.29, 1.82) is 0 Å². The van der Waals surface area contributed by atoms with Crippen molar-refractivity contribution in [1.82, 2.24) is 15.1 Å². The summed E-state index contributed by atoms with van der Waals surface area (Å²) in [7, 11) is 4.26. The highest BCUT2D eigenvalue weighted by molar-refractivity contribution is 5.52. The summed E-state index contributed by atoms with van der Waals surface area (Å²) in [6, 6.07) is 9.55. The van der Waals surface area contributed by atoms with Gasteiger partial charge in [-0.3, -0.25) is 9.80 Å². The fourth-order valence-electron chi connectivity index (χ4n) is 3.62. The zero-order valence-corrected chi connectivity index (χ0v) is 13.4. The van der Waals surface area contributed by atoms with Crippen LogP contribution in [-0.4, -0.2) is 69.2 Å². The first-order valence-corrected chi connectivity index (χ1v) is 8.16. The molecule has 2 aliphatic heterocycles. The van der Waals surface area contributed by atoms with E-state index in [1.54, 1.807) is 0 Å². The van der Waals surface area contributed by atoms with Crippen LogP contribution < -0.4 is 10.2 Å². The molecule has 2 heterocycles. The third-order valence-electron chi connectivity index (χ3n) is 4.78. The Morgan fingerprint density at radius 3 is 2.67 bits per heavy atom. The topological polar surface area (TPSA) is 21.8 Å². The molecule has 0 bridgehead atoms. The van der Waals surface area contributed by atoms with E-state index in [-0.39, 0.29) is 0 Å². The van der Waals surface area contributed by atoms with Gasteiger partial charge in [0.05, 0.1) is 0 Å². The fourth-order valence-corrected chi connectivity index (χ4v) is 3.62. The third-order valence-corrected chi connectivity index (χ3v) is 4.78. The van der Waals surface area contributed by atoms with Crippen molar-refractivity contribution in [2.45, 2.75) is 19.0 Å². The summed E-state index contributed by atoms with van der Waals surface area (Å²) in [6.07, 6.45) is 1.32. The van der Waals surface area contributed by atoms with E-state index < -0.39 is 0 Å². The zero-order valence-electron chi connectivity index (χ0n) is 13.4. The lowest BCUT2D eigenvalue weighted by Crippen LogP contribution is -2.49. The molecule has 0 amide bonds. The van der Waals surface area contributed by atoms with Crippen molar-refractivity contribution in [3.63, 3.8) is 0 Å². The van der Waals surface area contributed by atoms with Gasteiger partial charge in [-0.05, 0) is 18.1 Å². The van der Waals surface area contributed by atoms with Crippen LogP contribution in [0.5, 0.6) is 0 Å². The lowest BCUT2D eigenvalue weighted by Gasteiger charge is -2.32. The Morgan fingerprint density at radius 2 is 1.90 bits per heavy atom. The molecule has 1 atom stereocenters. The van der Waals surface area contributed by atoms with Crippen molar-refractivity contribution < 1.29 is 0 Å². The molecular formula is C17H28N4. The van der Waals surface area contributed by atoms with E-state index >= 15 is 0 Å². The van der Waals surface area contributed by atoms with Crippen molar-refractivity contribution in [2.24, 2.45) is 0 Å². The molecule has 4 heteroatoms. The Kier molecular flexibility index (Phi) is 4.78. The molecule has 2 saturated heterocycles. The number of piperazine rings is 1. The van der Waals surface area contributed by atoms with Gasteiger partial charge in [0.25, 0.3) is 0 Å². The van der Waals surface area contributed by atoms with E-state index in [9.17, 15) is 0 Å². The first kappa shape index (κ1) is 14.8. The predicted octanol–water partition coefficient (Wildman–Crippen LogP) is 1.23. The first-order valence-electron chi connectivity index (χ1n) is 8.16. The Balaban J connectivity index is 1.59. The van der Waals surface area contributed by atoms with Gasteiger partial charge in [-0.25, -0.2) is 0 Å². The smallest absolute Gasteiger partial charge is 0.0406 e. The van der Waals surface area contributed by atoms with Gasteiger partial charge in [0, 0.05) is 71.6 Å². The summed E-state index contributed by atoms with van der Waals surface area (Å²) in [5.74, 6) is 0. The molecule has 0 aromatic heterocycles. The number of nitrogens with one attached hydrogen (secondary N) is 1. The van der Waals surface area contributed by atoms with Crippen molar-refractivity contribution in [3.8, 4) is 0 Å². The minimum Gasteiger partial charge on any atom is -0.377 e. The number of likely N-dealkylation sites (tertiary alicyclic amines) is 1. The van der Waals surface area contributed by atoms with Gasteiger partial charge >= 0.3 is 0 Å². The molecule has 21 heavy (non-hydrogen) atoms. The summed E-state index contributed by atoms with van der Waals surface area (Å²) in [5, 5.41) is 3.45. The average Bonchev–Trinajstić information content (AvgIpc) is 2.97. The molecule has 116 valence electrons. The molecule has 1 aromatic rings. The van der Waals surface area contributed by atoms with Crippen molar-refractivity contribution >= 4 is 5.69 Å². The maximum absolute atomic E-state index is 3.45. The minimum atomic E-state index is 0.763. The molecule has 3 rings (SSSR count). The molecule has 0 aliphatic carbocycles. The Morgan fingerprint density at radius 1 is 1.14 bits per heavy atom. The SMILES string of the molecule is CN(C)c1ccccc1CN1CCC(N2CCNCC2)C1. The van der Waals surface area contributed by atoms with Gasteiger partial charge in [-0.1, -0.05) is 18.2 Å². The molecular weight excluding hydrogens is 260 g/mol. The quantitative estimate of drug-likeness (QED) is 0.899. The average molecular weight is 288 g/mol. The van der Waals surface area contributed by atoms with Gasteiger partial charge in [-0.2, -0.15) is 0 Å². The molecule has 1 aromatic carbocycles. The van der Waals surface area contributed by atoms with Crippen LogP contribution in [-0.2, 0) is 6.54 Å². The van der Waals surface area contributed by atoms with E-state index in [4.69, 9.17) is 0 Å². The molecule has 4 nitrogen and oxygen atoms in total. The number of hydrogen-bond donors (Lipinski definition) is 1. The summed E-state index contributed by atoms with van der Waals surface area (Å²) in [6.45, 7) is 8.27. The highest BCUT2D eigenvalue weighted by atomic mass is 15.3. The monoisotopic (exact) mass is 288 g/mol. The van der Waals surface area contributed by atoms with Crippen LogP contribution in [0.25, 0.3) is 0 Å². The molecule has 2 fully saturated rings. The molecule has 0 radical (unpaired) electrons. The number of para-hydroxylation sites is 1. The maximum Gasteiger partial charge on any atom is 0.0406 e. The van der Waals surface area contributed by atoms with Gasteiger partial charge < -0.3 is 10.2 Å². The standard InChI is InChI=1S/C17H28N4/c1-19(2)17-6-4-3-5-15(17)13-20-10-7-16(14-20)21-11-8-18-9-12-21/h3-6,16,18H,7-14H2,1-2H3. The number of rotatable bonds is 4. The second-order valence-electron chi connectivity index (χ2n) is 6.49. The Hall–Kier alpha value is -1.10. The molecule has 1 unspecified atom stereocenters. The fraction of sp³-hybridized carbons (Fsp3) is 0.647. The van der Waals surface area contributed by atoms with E-state index in [0.29, 0.717) is 0 Å². The summed E-state index contributed by atoms with van der Waals surface area (Å²) in [5.41, 5.74) is 2.80. The zero-order chi connectivity index (χ0) is 14.7. The Labute approximate surface area is 128 Å². The van der Waals surface area contributed by atoms with E-state index in [1.165, 1.54) is 43.9 Å². The van der Waals surface area contributed by atoms with E-state index in [2.05, 4.69) is 58.4 Å². The minimum absolute atomic E-state index is 0.763. The Bertz CT molecular complexity index is 454. The highest BCUT2D eigenvalue weighted by Crippen LogP contribution is 2.23. The van der Waals surface area contributed by atoms with Crippen LogP contribution in [0.2, 0.25) is 0 Å². The maximum atomic E-state index is 3.45. The normalized spacial score (nSPS) is 24.4. The molecule has 1 N–H and O–H groups in total. The van der Waals surface area contributed by atoms with Gasteiger partial charge in [0.2, 0.25) is 0 Å². The van der Waals surface area contributed by atoms with E-state index in [0.717, 1.165) is 25.7 Å². The molecule has 0 saturated carbocycles. The largest absolute Gasteiger partial charge is 0.377 e. The van der Waals surface area contributed by atoms with Gasteiger partial charge in [0.1, 0.15) is 0 Å². The van der Waals surface area contributed by atoms with Gasteiger partial charge in [0.15, 0.2) is 0 Å². The third kappa shape index (κ3) is 3.57. The number of hydrogen-bond acceptors (Lipinski definition) is 4. The van der Waals surface area contributed by atoms with Crippen LogP contribution in [0.3, 0.4) is 0 Å². The highest BCUT2D eigenvalue weighted by Gasteiger charge is 2.28. The number of benzene rings is 1. The second kappa shape index (κ2) is 6.77. The number of anilines is 1. The van der Waals surface area contributed by atoms with Gasteiger partial charge in [-0.15, -0.1) is 0 Å².